The number of nitrogens with two attached hydrogens (primary N) is 1. The van der Waals surface area contributed by atoms with Crippen LogP contribution < -0.4 is 15.8 Å². The molecule has 0 amide bonds. The van der Waals surface area contributed by atoms with Crippen LogP contribution in [-0.2, 0) is 6.42 Å². The number of nitrogens with zero attached hydrogens (tertiary/aromatic N) is 3. The molecule has 0 aliphatic carbocycles. The minimum atomic E-state index is 0.492. The first-order valence-electron chi connectivity index (χ1n) is 13.9. The van der Waals surface area contributed by atoms with Crippen LogP contribution in [0.1, 0.15) is 56.6 Å². The molecule has 2 aliphatic rings. The number of nitrogens with one attached hydrogen (secondary N) is 1. The fourth-order valence-electron chi connectivity index (χ4n) is 5.02. The van der Waals surface area contributed by atoms with Crippen molar-refractivity contribution in [2.24, 2.45) is 32.5 Å². The zero-order chi connectivity index (χ0) is 26.7. The van der Waals surface area contributed by atoms with Gasteiger partial charge in [-0.25, -0.2) is 9.98 Å². The van der Waals surface area contributed by atoms with Crippen molar-refractivity contribution in [1.29, 1.82) is 0 Å². The third kappa shape index (κ3) is 7.99. The number of benzene rings is 2. The van der Waals surface area contributed by atoms with Gasteiger partial charge in [0.05, 0.1) is 17.7 Å². The lowest BCUT2D eigenvalue weighted by atomic mass is 9.90. The predicted molar refractivity (Wildman–Crippen MR) is 161 cm³/mol. The first-order chi connectivity index (χ1) is 18.5. The number of fused-ring (bicyclic) bond motifs is 1. The van der Waals surface area contributed by atoms with E-state index in [9.17, 15) is 0 Å². The molecule has 3 N–H and O–H groups in total. The van der Waals surface area contributed by atoms with Gasteiger partial charge in [0.25, 0.3) is 0 Å². The molecule has 200 valence electrons. The molecule has 0 bridgehead atoms. The van der Waals surface area contributed by atoms with Gasteiger partial charge in [0.2, 0.25) is 0 Å². The Morgan fingerprint density at radius 3 is 2.87 bits per heavy atom. The van der Waals surface area contributed by atoms with Crippen molar-refractivity contribution in [1.82, 2.24) is 5.32 Å². The van der Waals surface area contributed by atoms with E-state index in [1.165, 1.54) is 37.6 Å². The summed E-state index contributed by atoms with van der Waals surface area (Å²) in [4.78, 5) is 13.8. The number of rotatable bonds is 7. The van der Waals surface area contributed by atoms with E-state index < -0.39 is 0 Å². The molecule has 1 fully saturated rings. The van der Waals surface area contributed by atoms with Crippen LogP contribution in [0.3, 0.4) is 0 Å². The van der Waals surface area contributed by atoms with E-state index in [0.717, 1.165) is 66.4 Å². The third-order valence-corrected chi connectivity index (χ3v) is 7.28. The van der Waals surface area contributed by atoms with E-state index in [0.29, 0.717) is 17.7 Å². The van der Waals surface area contributed by atoms with Crippen LogP contribution in [0.15, 0.2) is 75.7 Å². The number of aliphatic imine (C=N–C) groups is 3. The zero-order valence-electron chi connectivity index (χ0n) is 22.8. The Bertz CT molecular complexity index is 1220. The Kier molecular flexibility index (Phi) is 10.0. The van der Waals surface area contributed by atoms with Crippen LogP contribution >= 0.6 is 0 Å². The van der Waals surface area contributed by atoms with Crippen molar-refractivity contribution in [3.8, 4) is 11.5 Å². The standard InChI is InChI=1S/C32H41N5O/c1-4-25(18-26-7-5-6-15-34-16-14-26)19-32(36-22-33)37-28-11-13-31(24(3)17-28)38-29-12-10-27-9-8-23(2)21-35-30(27)20-29/h4,10-13,17,19-23,26,34H,1,5-9,14-16,18H2,2-3H3,(H2,33,36,37). The molecule has 2 atom stereocenters. The van der Waals surface area contributed by atoms with Gasteiger partial charge in [-0.05, 0) is 111 Å². The second-order valence-corrected chi connectivity index (χ2v) is 10.4. The number of hydrogen-bond acceptors (Lipinski definition) is 4. The molecule has 0 spiro atoms. The van der Waals surface area contributed by atoms with E-state index in [-0.39, 0.29) is 0 Å². The van der Waals surface area contributed by atoms with Gasteiger partial charge in [0.1, 0.15) is 11.5 Å². The molecule has 6 heteroatoms. The third-order valence-electron chi connectivity index (χ3n) is 7.28. The molecule has 2 aromatic rings. The summed E-state index contributed by atoms with van der Waals surface area (Å²) in [5, 5.41) is 3.52. The quantitative estimate of drug-likeness (QED) is 0.231. The van der Waals surface area contributed by atoms with E-state index in [1.54, 1.807) is 0 Å². The van der Waals surface area contributed by atoms with Crippen molar-refractivity contribution < 1.29 is 4.74 Å². The fourth-order valence-corrected chi connectivity index (χ4v) is 5.02. The summed E-state index contributed by atoms with van der Waals surface area (Å²) in [6.07, 6.45) is 15.3. The van der Waals surface area contributed by atoms with Crippen molar-refractivity contribution in [3.05, 3.63) is 71.8 Å². The maximum Gasteiger partial charge on any atom is 0.154 e. The normalized spacial score (nSPS) is 20.9. The molecule has 2 heterocycles. The lowest BCUT2D eigenvalue weighted by Crippen LogP contribution is -2.22. The molecule has 0 aromatic heterocycles. The number of amidine groups is 1. The van der Waals surface area contributed by atoms with Gasteiger partial charge in [-0.1, -0.05) is 38.5 Å². The highest BCUT2D eigenvalue weighted by Crippen LogP contribution is 2.34. The summed E-state index contributed by atoms with van der Waals surface area (Å²) in [6.45, 7) is 10.5. The molecule has 0 saturated carbocycles. The number of allylic oxidation sites excluding steroid dienone is 2. The second kappa shape index (κ2) is 13.9. The van der Waals surface area contributed by atoms with Crippen molar-refractivity contribution >= 4 is 29.8 Å². The minimum Gasteiger partial charge on any atom is -0.457 e. The highest BCUT2D eigenvalue weighted by molar-refractivity contribution is 6.00. The number of aryl methyl sites for hydroxylation is 2. The topological polar surface area (TPSA) is 84.4 Å². The highest BCUT2D eigenvalue weighted by Gasteiger charge is 2.14. The molecule has 2 aromatic carbocycles. The second-order valence-electron chi connectivity index (χ2n) is 10.4. The predicted octanol–water partition coefficient (Wildman–Crippen LogP) is 7.37. The van der Waals surface area contributed by atoms with Gasteiger partial charge >= 0.3 is 0 Å². The summed E-state index contributed by atoms with van der Waals surface area (Å²) in [5.74, 6) is 3.27. The molecule has 38 heavy (non-hydrogen) atoms. The Hall–Kier alpha value is -3.51. The van der Waals surface area contributed by atoms with Crippen LogP contribution in [0.2, 0.25) is 0 Å². The molecular weight excluding hydrogens is 470 g/mol. The first-order valence-corrected chi connectivity index (χ1v) is 13.9. The van der Waals surface area contributed by atoms with Crippen LogP contribution in [0.25, 0.3) is 0 Å². The summed E-state index contributed by atoms with van der Waals surface area (Å²) >= 11 is 0. The van der Waals surface area contributed by atoms with E-state index >= 15 is 0 Å². The minimum absolute atomic E-state index is 0.492. The van der Waals surface area contributed by atoms with Gasteiger partial charge in [-0.2, -0.15) is 0 Å². The lowest BCUT2D eigenvalue weighted by molar-refractivity contribution is 0.388. The summed E-state index contributed by atoms with van der Waals surface area (Å²) < 4.78 is 6.23. The van der Waals surface area contributed by atoms with Crippen LogP contribution in [-0.4, -0.2) is 31.5 Å². The van der Waals surface area contributed by atoms with E-state index in [4.69, 9.17) is 15.5 Å². The molecule has 1 saturated heterocycles. The molecule has 2 unspecified atom stereocenters. The first kappa shape index (κ1) is 27.5. The summed E-state index contributed by atoms with van der Waals surface area (Å²) in [6, 6.07) is 12.1. The molecule has 4 rings (SSSR count). The van der Waals surface area contributed by atoms with Crippen molar-refractivity contribution in [2.75, 3.05) is 13.1 Å². The number of hydrogen-bond donors (Lipinski definition) is 2. The smallest absolute Gasteiger partial charge is 0.154 e. The van der Waals surface area contributed by atoms with Crippen molar-refractivity contribution in [2.45, 2.75) is 58.8 Å². The Morgan fingerprint density at radius 1 is 1.16 bits per heavy atom. The van der Waals surface area contributed by atoms with Gasteiger partial charge in [-0.3, -0.25) is 4.99 Å². The Balaban J connectivity index is 1.49. The molecule has 0 radical (unpaired) electrons. The summed E-state index contributed by atoms with van der Waals surface area (Å²) in [7, 11) is 0. The fraction of sp³-hybridized carbons (Fsp3) is 0.406. The van der Waals surface area contributed by atoms with E-state index in [1.807, 2.05) is 55.6 Å². The average Bonchev–Trinajstić information content (AvgIpc) is 3.07. The monoisotopic (exact) mass is 511 g/mol. The van der Waals surface area contributed by atoms with Gasteiger partial charge in [0, 0.05) is 12.3 Å². The van der Waals surface area contributed by atoms with Crippen LogP contribution in [0.4, 0.5) is 11.4 Å². The number of ether oxygens (including phenoxy) is 1. The molecule has 2 aliphatic heterocycles. The average molecular weight is 512 g/mol. The Labute approximate surface area is 227 Å². The zero-order valence-corrected chi connectivity index (χ0v) is 22.8. The van der Waals surface area contributed by atoms with Gasteiger partial charge < -0.3 is 15.8 Å². The van der Waals surface area contributed by atoms with Crippen LogP contribution in [0, 0.1) is 18.8 Å². The van der Waals surface area contributed by atoms with Gasteiger partial charge in [0.15, 0.2) is 5.84 Å². The highest BCUT2D eigenvalue weighted by atomic mass is 16.5. The molecule has 6 nitrogen and oxygen atoms in total. The van der Waals surface area contributed by atoms with Crippen molar-refractivity contribution in [3.63, 3.8) is 0 Å². The maximum absolute atomic E-state index is 6.23. The summed E-state index contributed by atoms with van der Waals surface area (Å²) in [5.41, 5.74) is 10.9. The Morgan fingerprint density at radius 2 is 2.05 bits per heavy atom. The van der Waals surface area contributed by atoms with E-state index in [2.05, 4.69) is 34.9 Å². The van der Waals surface area contributed by atoms with Crippen LogP contribution in [0.5, 0.6) is 11.5 Å². The lowest BCUT2D eigenvalue weighted by Gasteiger charge is -2.20. The molecular formula is C32H41N5O. The van der Waals surface area contributed by atoms with Gasteiger partial charge in [-0.15, -0.1) is 0 Å². The largest absolute Gasteiger partial charge is 0.457 e. The maximum atomic E-state index is 6.23. The SMILES string of the molecule is C=CC(=CC(N=CN)=Nc1ccc(Oc2ccc3c(c2)N=CC(C)CC3)c(C)c1)CC1CCCCNCC1.